The molecule has 1 nitrogen and oxygen atoms in total. The van der Waals surface area contributed by atoms with E-state index in [0.29, 0.717) is 0 Å². The Bertz CT molecular complexity index is 540. The van der Waals surface area contributed by atoms with Crippen molar-refractivity contribution in [1.29, 1.82) is 0 Å². The van der Waals surface area contributed by atoms with E-state index in [2.05, 4.69) is 74.0 Å². The Labute approximate surface area is 116 Å². The van der Waals surface area contributed by atoms with Crippen LogP contribution in [0.15, 0.2) is 61.2 Å². The molecule has 0 aliphatic carbocycles. The smallest absolute Gasteiger partial charge is 0.0234 e. The molecule has 0 spiro atoms. The van der Waals surface area contributed by atoms with Gasteiger partial charge in [0.1, 0.15) is 0 Å². The van der Waals surface area contributed by atoms with Gasteiger partial charge >= 0.3 is 0 Å². The Kier molecular flexibility index (Phi) is 4.53. The van der Waals surface area contributed by atoms with Crippen LogP contribution in [0.2, 0.25) is 0 Å². The van der Waals surface area contributed by atoms with Gasteiger partial charge in [0.15, 0.2) is 0 Å². The molecule has 0 bridgehead atoms. The van der Waals surface area contributed by atoms with Crippen molar-refractivity contribution in [2.75, 3.05) is 13.6 Å². The molecule has 19 heavy (non-hydrogen) atoms. The molecule has 2 rings (SSSR count). The summed E-state index contributed by atoms with van der Waals surface area (Å²) in [5, 5.41) is 0. The maximum absolute atomic E-state index is 3.77. The molecular formula is C18H21N. The van der Waals surface area contributed by atoms with Gasteiger partial charge in [-0.25, -0.2) is 0 Å². The van der Waals surface area contributed by atoms with Crippen LogP contribution in [0, 0.1) is 6.92 Å². The minimum absolute atomic E-state index is 0.911. The Balaban J connectivity index is 2.19. The molecule has 0 amide bonds. The average molecular weight is 251 g/mol. The van der Waals surface area contributed by atoms with Gasteiger partial charge in [0.25, 0.3) is 0 Å². The predicted molar refractivity (Wildman–Crippen MR) is 83.1 cm³/mol. The van der Waals surface area contributed by atoms with Crippen molar-refractivity contribution in [3.63, 3.8) is 0 Å². The highest BCUT2D eigenvalue weighted by Crippen LogP contribution is 2.21. The van der Waals surface area contributed by atoms with E-state index >= 15 is 0 Å². The maximum atomic E-state index is 3.77. The van der Waals surface area contributed by atoms with E-state index in [4.69, 9.17) is 0 Å². The van der Waals surface area contributed by atoms with Crippen LogP contribution >= 0.6 is 0 Å². The first kappa shape index (κ1) is 13.6. The quantitative estimate of drug-likeness (QED) is 0.717. The molecule has 0 aliphatic rings. The third-order valence-corrected chi connectivity index (χ3v) is 3.21. The topological polar surface area (TPSA) is 3.24 Å². The second-order valence-electron chi connectivity index (χ2n) is 5.05. The summed E-state index contributed by atoms with van der Waals surface area (Å²) in [5.41, 5.74) is 5.19. The molecule has 1 heteroatoms. The third-order valence-electron chi connectivity index (χ3n) is 3.21. The maximum Gasteiger partial charge on any atom is 0.0234 e. The van der Waals surface area contributed by atoms with E-state index in [-0.39, 0.29) is 0 Å². The molecule has 0 heterocycles. The molecule has 0 aliphatic heterocycles. The lowest BCUT2D eigenvalue weighted by molar-refractivity contribution is 0.364. The van der Waals surface area contributed by atoms with Gasteiger partial charge in [-0.2, -0.15) is 0 Å². The van der Waals surface area contributed by atoms with Crippen LogP contribution in [0.4, 0.5) is 0 Å². The standard InChI is InChI=1S/C18H21N/c1-4-12-19(3)14-16-6-5-7-18(13-16)17-10-8-15(2)9-11-17/h4-11,13H,1,12,14H2,2-3H3. The van der Waals surface area contributed by atoms with Crippen molar-refractivity contribution < 1.29 is 0 Å². The van der Waals surface area contributed by atoms with Gasteiger partial charge in [0.2, 0.25) is 0 Å². The third kappa shape index (κ3) is 3.80. The van der Waals surface area contributed by atoms with Crippen LogP contribution in [-0.4, -0.2) is 18.5 Å². The van der Waals surface area contributed by atoms with Gasteiger partial charge in [0.05, 0.1) is 0 Å². The number of likely N-dealkylation sites (N-methyl/N-ethyl adjacent to an activating group) is 1. The molecule has 0 fully saturated rings. The Morgan fingerprint density at radius 1 is 1.05 bits per heavy atom. The van der Waals surface area contributed by atoms with E-state index in [1.807, 2.05) is 6.08 Å². The summed E-state index contributed by atoms with van der Waals surface area (Å²) in [6, 6.07) is 17.4. The Morgan fingerprint density at radius 2 is 1.79 bits per heavy atom. The van der Waals surface area contributed by atoms with Crippen LogP contribution in [0.25, 0.3) is 11.1 Å². The Morgan fingerprint density at radius 3 is 2.47 bits per heavy atom. The van der Waals surface area contributed by atoms with Crippen LogP contribution in [0.3, 0.4) is 0 Å². The predicted octanol–water partition coefficient (Wildman–Crippen LogP) is 4.28. The molecule has 0 saturated heterocycles. The largest absolute Gasteiger partial charge is 0.298 e. The molecule has 0 atom stereocenters. The van der Waals surface area contributed by atoms with E-state index in [9.17, 15) is 0 Å². The number of hydrogen-bond donors (Lipinski definition) is 0. The van der Waals surface area contributed by atoms with E-state index < -0.39 is 0 Å². The van der Waals surface area contributed by atoms with Crippen molar-refractivity contribution in [2.45, 2.75) is 13.5 Å². The SMILES string of the molecule is C=CCN(C)Cc1cccc(-c2ccc(C)cc2)c1. The van der Waals surface area contributed by atoms with Crippen LogP contribution in [0.1, 0.15) is 11.1 Å². The second kappa shape index (κ2) is 6.35. The first-order chi connectivity index (χ1) is 9.19. The summed E-state index contributed by atoms with van der Waals surface area (Å²) >= 11 is 0. The molecule has 2 aromatic carbocycles. The van der Waals surface area contributed by atoms with E-state index in [1.165, 1.54) is 22.3 Å². The molecule has 0 unspecified atom stereocenters. The highest BCUT2D eigenvalue weighted by molar-refractivity contribution is 5.64. The lowest BCUT2D eigenvalue weighted by atomic mass is 10.0. The molecular weight excluding hydrogens is 230 g/mol. The normalized spacial score (nSPS) is 10.7. The fourth-order valence-electron chi connectivity index (χ4n) is 2.19. The van der Waals surface area contributed by atoms with Crippen molar-refractivity contribution in [2.24, 2.45) is 0 Å². The minimum Gasteiger partial charge on any atom is -0.298 e. The highest BCUT2D eigenvalue weighted by Gasteiger charge is 2.01. The van der Waals surface area contributed by atoms with Gasteiger partial charge in [-0.15, -0.1) is 6.58 Å². The number of benzene rings is 2. The lowest BCUT2D eigenvalue weighted by Gasteiger charge is -2.15. The van der Waals surface area contributed by atoms with Crippen LogP contribution in [-0.2, 0) is 6.54 Å². The zero-order valence-corrected chi connectivity index (χ0v) is 11.8. The summed E-state index contributed by atoms with van der Waals surface area (Å²) in [5.74, 6) is 0. The van der Waals surface area contributed by atoms with E-state index in [0.717, 1.165) is 13.1 Å². The first-order valence-corrected chi connectivity index (χ1v) is 6.64. The van der Waals surface area contributed by atoms with Gasteiger partial charge in [0, 0.05) is 13.1 Å². The van der Waals surface area contributed by atoms with Crippen LogP contribution < -0.4 is 0 Å². The fourth-order valence-corrected chi connectivity index (χ4v) is 2.19. The number of aryl methyl sites for hydroxylation is 1. The minimum atomic E-state index is 0.911. The van der Waals surface area contributed by atoms with Gasteiger partial charge in [-0.1, -0.05) is 54.1 Å². The van der Waals surface area contributed by atoms with Crippen LogP contribution in [0.5, 0.6) is 0 Å². The molecule has 0 N–H and O–H groups in total. The zero-order valence-electron chi connectivity index (χ0n) is 11.8. The summed E-state index contributed by atoms with van der Waals surface area (Å²) in [6.07, 6.45) is 1.93. The molecule has 2 aromatic rings. The number of hydrogen-bond acceptors (Lipinski definition) is 1. The summed E-state index contributed by atoms with van der Waals surface area (Å²) in [4.78, 5) is 2.25. The van der Waals surface area contributed by atoms with Crippen molar-refractivity contribution in [3.8, 4) is 11.1 Å². The molecule has 0 aromatic heterocycles. The Hall–Kier alpha value is -1.86. The van der Waals surface area contributed by atoms with Crippen molar-refractivity contribution in [3.05, 3.63) is 72.3 Å². The average Bonchev–Trinajstić information content (AvgIpc) is 2.40. The first-order valence-electron chi connectivity index (χ1n) is 6.64. The molecule has 98 valence electrons. The fraction of sp³-hybridized carbons (Fsp3) is 0.222. The number of nitrogens with zero attached hydrogens (tertiary/aromatic N) is 1. The number of rotatable bonds is 5. The highest BCUT2D eigenvalue weighted by atomic mass is 15.1. The summed E-state index contributed by atoms with van der Waals surface area (Å²) < 4.78 is 0. The molecule has 0 radical (unpaired) electrons. The van der Waals surface area contributed by atoms with Crippen molar-refractivity contribution in [1.82, 2.24) is 4.90 Å². The van der Waals surface area contributed by atoms with Gasteiger partial charge in [-0.3, -0.25) is 4.90 Å². The van der Waals surface area contributed by atoms with Gasteiger partial charge < -0.3 is 0 Å². The molecule has 0 saturated carbocycles. The summed E-state index contributed by atoms with van der Waals surface area (Å²) in [7, 11) is 2.11. The van der Waals surface area contributed by atoms with Crippen molar-refractivity contribution >= 4 is 0 Å². The zero-order chi connectivity index (χ0) is 13.7. The second-order valence-corrected chi connectivity index (χ2v) is 5.05. The monoisotopic (exact) mass is 251 g/mol. The van der Waals surface area contributed by atoms with Gasteiger partial charge in [-0.05, 0) is 36.7 Å². The van der Waals surface area contributed by atoms with E-state index in [1.54, 1.807) is 0 Å². The lowest BCUT2D eigenvalue weighted by Crippen LogP contribution is -2.17. The summed E-state index contributed by atoms with van der Waals surface area (Å²) in [6.45, 7) is 7.75.